The average molecular weight is 532 g/mol. The fourth-order valence-electron chi connectivity index (χ4n) is 3.67. The molecular weight excluding hydrogens is 494 g/mol. The van der Waals surface area contributed by atoms with Gasteiger partial charge in [-0.2, -0.15) is 0 Å². The number of ether oxygens (including phenoxy) is 2. The zero-order chi connectivity index (χ0) is 28.2. The summed E-state index contributed by atoms with van der Waals surface area (Å²) >= 11 is 0. The number of aromatic hydroxyl groups is 2. The summed E-state index contributed by atoms with van der Waals surface area (Å²) in [4.78, 5) is 38.2. The molecule has 0 saturated heterocycles. The summed E-state index contributed by atoms with van der Waals surface area (Å²) in [5, 5.41) is 34.6. The standard InChI is InChI=1S/C27H37N3O8/c1-16(2)13-22(25(34)30-23(27(36)37-3)14-17-7-9-18(31)10-8-17)29-26(35)24(33)21(28)11-12-38-20-6-4-5-19(32)15-20/h4-10,15-16,21-24,31-33H,11-14,28H2,1-3H3,(H,29,35)(H,30,34)/t21-,22+,23+,24+/m1/s1. The Hall–Kier alpha value is -3.83. The summed E-state index contributed by atoms with van der Waals surface area (Å²) in [7, 11) is 1.20. The third-order valence-electron chi connectivity index (χ3n) is 5.73. The van der Waals surface area contributed by atoms with Crippen LogP contribution in [0.15, 0.2) is 48.5 Å². The second kappa shape index (κ2) is 14.8. The normalized spacial score (nSPS) is 14.2. The smallest absolute Gasteiger partial charge is 0.328 e. The Morgan fingerprint density at radius 2 is 1.61 bits per heavy atom. The molecule has 4 atom stereocenters. The van der Waals surface area contributed by atoms with Crippen LogP contribution in [-0.2, 0) is 25.5 Å². The molecule has 0 aliphatic carbocycles. The largest absolute Gasteiger partial charge is 0.508 e. The molecule has 0 aromatic heterocycles. The van der Waals surface area contributed by atoms with Crippen LogP contribution in [0, 0.1) is 5.92 Å². The van der Waals surface area contributed by atoms with Crippen LogP contribution in [0.5, 0.6) is 17.2 Å². The Morgan fingerprint density at radius 1 is 0.947 bits per heavy atom. The summed E-state index contributed by atoms with van der Waals surface area (Å²) in [6.45, 7) is 3.81. The summed E-state index contributed by atoms with van der Waals surface area (Å²) in [5.41, 5.74) is 6.66. The highest BCUT2D eigenvalue weighted by Crippen LogP contribution is 2.18. The Kier molecular flexibility index (Phi) is 11.8. The molecule has 0 aliphatic heterocycles. The molecule has 11 heteroatoms. The molecule has 0 unspecified atom stereocenters. The molecule has 0 heterocycles. The van der Waals surface area contributed by atoms with Crippen LogP contribution in [0.1, 0.15) is 32.3 Å². The summed E-state index contributed by atoms with van der Waals surface area (Å²) in [6, 6.07) is 9.29. The maximum Gasteiger partial charge on any atom is 0.328 e. The predicted octanol–water partition coefficient (Wildman–Crippen LogP) is 0.986. The van der Waals surface area contributed by atoms with E-state index in [4.69, 9.17) is 15.2 Å². The van der Waals surface area contributed by atoms with E-state index in [1.165, 1.54) is 31.4 Å². The number of carbonyl (C=O) groups is 3. The number of benzene rings is 2. The molecule has 2 aromatic carbocycles. The van der Waals surface area contributed by atoms with Gasteiger partial charge < -0.3 is 41.2 Å². The lowest BCUT2D eigenvalue weighted by Crippen LogP contribution is -2.56. The quantitative estimate of drug-likeness (QED) is 0.194. The average Bonchev–Trinajstić information content (AvgIpc) is 2.87. The van der Waals surface area contributed by atoms with Gasteiger partial charge in [-0.25, -0.2) is 4.79 Å². The zero-order valence-corrected chi connectivity index (χ0v) is 21.8. The van der Waals surface area contributed by atoms with Crippen molar-refractivity contribution in [3.8, 4) is 17.2 Å². The van der Waals surface area contributed by atoms with Crippen LogP contribution in [-0.4, -0.2) is 71.0 Å². The number of nitrogens with one attached hydrogen (secondary N) is 2. The van der Waals surface area contributed by atoms with Crippen molar-refractivity contribution in [2.45, 2.75) is 57.3 Å². The first-order valence-corrected chi connectivity index (χ1v) is 12.3. The van der Waals surface area contributed by atoms with E-state index in [0.717, 1.165) is 0 Å². The predicted molar refractivity (Wildman–Crippen MR) is 139 cm³/mol. The van der Waals surface area contributed by atoms with Crippen molar-refractivity contribution in [2.75, 3.05) is 13.7 Å². The number of hydrogen-bond donors (Lipinski definition) is 6. The Bertz CT molecular complexity index is 1060. The monoisotopic (exact) mass is 531 g/mol. The van der Waals surface area contributed by atoms with Crippen LogP contribution >= 0.6 is 0 Å². The van der Waals surface area contributed by atoms with Gasteiger partial charge in [0.15, 0.2) is 0 Å². The molecule has 11 nitrogen and oxygen atoms in total. The van der Waals surface area contributed by atoms with E-state index in [2.05, 4.69) is 10.6 Å². The number of aliphatic hydroxyl groups is 1. The van der Waals surface area contributed by atoms with Crippen LogP contribution in [0.25, 0.3) is 0 Å². The highest BCUT2D eigenvalue weighted by molar-refractivity contribution is 5.92. The first-order valence-electron chi connectivity index (χ1n) is 12.3. The minimum absolute atomic E-state index is 0.00114. The van der Waals surface area contributed by atoms with Gasteiger partial charge in [0.2, 0.25) is 5.91 Å². The molecule has 2 aromatic rings. The van der Waals surface area contributed by atoms with Gasteiger partial charge in [0, 0.05) is 18.5 Å². The van der Waals surface area contributed by atoms with Crippen molar-refractivity contribution < 1.29 is 39.2 Å². The van der Waals surface area contributed by atoms with Gasteiger partial charge in [-0.05, 0) is 48.6 Å². The molecule has 0 saturated carbocycles. The molecule has 2 amide bonds. The van der Waals surface area contributed by atoms with E-state index < -0.39 is 42.0 Å². The summed E-state index contributed by atoms with van der Waals surface area (Å²) in [6.07, 6.45) is -1.14. The van der Waals surface area contributed by atoms with E-state index in [1.807, 2.05) is 13.8 Å². The molecule has 208 valence electrons. The van der Waals surface area contributed by atoms with E-state index in [-0.39, 0.29) is 43.3 Å². The minimum atomic E-state index is -1.61. The van der Waals surface area contributed by atoms with Gasteiger partial charge in [-0.3, -0.25) is 9.59 Å². The lowest BCUT2D eigenvalue weighted by Gasteiger charge is -2.25. The van der Waals surface area contributed by atoms with E-state index in [0.29, 0.717) is 11.3 Å². The highest BCUT2D eigenvalue weighted by atomic mass is 16.5. The van der Waals surface area contributed by atoms with Gasteiger partial charge in [0.25, 0.3) is 5.91 Å². The molecule has 0 spiro atoms. The number of aliphatic hydroxyl groups excluding tert-OH is 1. The summed E-state index contributed by atoms with van der Waals surface area (Å²) < 4.78 is 10.3. The van der Waals surface area contributed by atoms with Crippen molar-refractivity contribution >= 4 is 17.8 Å². The number of rotatable bonds is 14. The molecule has 0 radical (unpaired) electrons. The molecule has 0 fully saturated rings. The number of hydrogen-bond acceptors (Lipinski definition) is 9. The number of phenolic OH excluding ortho intramolecular Hbond substituents is 2. The van der Waals surface area contributed by atoms with Crippen molar-refractivity contribution in [3.05, 3.63) is 54.1 Å². The summed E-state index contributed by atoms with van der Waals surface area (Å²) in [5.74, 6) is -1.60. The Balaban J connectivity index is 2.00. The molecular formula is C27H37N3O8. The van der Waals surface area contributed by atoms with Gasteiger partial charge >= 0.3 is 5.97 Å². The molecule has 0 bridgehead atoms. The number of phenols is 2. The van der Waals surface area contributed by atoms with E-state index in [9.17, 15) is 29.7 Å². The van der Waals surface area contributed by atoms with Crippen molar-refractivity contribution in [3.63, 3.8) is 0 Å². The number of carbonyl (C=O) groups excluding carboxylic acids is 3. The fraction of sp³-hybridized carbons (Fsp3) is 0.444. The van der Waals surface area contributed by atoms with Gasteiger partial charge in [-0.1, -0.05) is 32.0 Å². The number of methoxy groups -OCH3 is 1. The van der Waals surface area contributed by atoms with Crippen molar-refractivity contribution in [2.24, 2.45) is 11.7 Å². The van der Waals surface area contributed by atoms with Crippen molar-refractivity contribution in [1.82, 2.24) is 10.6 Å². The van der Waals surface area contributed by atoms with Gasteiger partial charge in [0.05, 0.1) is 13.7 Å². The van der Waals surface area contributed by atoms with Gasteiger partial charge in [-0.15, -0.1) is 0 Å². The molecule has 7 N–H and O–H groups in total. The maximum absolute atomic E-state index is 13.1. The van der Waals surface area contributed by atoms with Crippen LogP contribution in [0.3, 0.4) is 0 Å². The first kappa shape index (κ1) is 30.4. The van der Waals surface area contributed by atoms with Crippen LogP contribution < -0.4 is 21.1 Å². The highest BCUT2D eigenvalue weighted by Gasteiger charge is 2.31. The van der Waals surface area contributed by atoms with Crippen LogP contribution in [0.4, 0.5) is 0 Å². The second-order valence-electron chi connectivity index (χ2n) is 9.39. The number of esters is 1. The molecule has 0 aliphatic rings. The fourth-order valence-corrected chi connectivity index (χ4v) is 3.67. The third kappa shape index (κ3) is 9.91. The maximum atomic E-state index is 13.1. The van der Waals surface area contributed by atoms with Crippen molar-refractivity contribution in [1.29, 1.82) is 0 Å². The minimum Gasteiger partial charge on any atom is -0.508 e. The topological polar surface area (TPSA) is 180 Å². The Morgan fingerprint density at radius 3 is 2.21 bits per heavy atom. The Labute approximate surface area is 221 Å². The molecule has 38 heavy (non-hydrogen) atoms. The van der Waals surface area contributed by atoms with E-state index in [1.54, 1.807) is 24.3 Å². The number of amides is 2. The third-order valence-corrected chi connectivity index (χ3v) is 5.73. The molecule has 2 rings (SSSR count). The van der Waals surface area contributed by atoms with Gasteiger partial charge in [0.1, 0.15) is 35.4 Å². The SMILES string of the molecule is COC(=O)[C@H](Cc1ccc(O)cc1)NC(=O)[C@H](CC(C)C)NC(=O)[C@@H](O)[C@H](N)CCOc1cccc(O)c1. The van der Waals surface area contributed by atoms with E-state index >= 15 is 0 Å². The lowest BCUT2D eigenvalue weighted by molar-refractivity contribution is -0.145. The zero-order valence-electron chi connectivity index (χ0n) is 21.8. The second-order valence-corrected chi connectivity index (χ2v) is 9.39. The van der Waals surface area contributed by atoms with Crippen LogP contribution in [0.2, 0.25) is 0 Å². The number of nitrogens with two attached hydrogens (primary N) is 1. The first-order chi connectivity index (χ1) is 18.0. The lowest BCUT2D eigenvalue weighted by atomic mass is 10.0.